The first-order valence-corrected chi connectivity index (χ1v) is 8.80. The van der Waals surface area contributed by atoms with Gasteiger partial charge in [-0.15, -0.1) is 0 Å². The number of benzene rings is 2. The molecule has 0 aromatic heterocycles. The van der Waals surface area contributed by atoms with E-state index in [0.29, 0.717) is 41.7 Å². The first-order chi connectivity index (χ1) is 13.6. The van der Waals surface area contributed by atoms with Crippen LogP contribution in [-0.2, 0) is 4.79 Å². The minimum absolute atomic E-state index is 0.0559. The van der Waals surface area contributed by atoms with E-state index < -0.39 is 0 Å². The van der Waals surface area contributed by atoms with Crippen molar-refractivity contribution in [2.45, 2.75) is 6.92 Å². The number of nitrogens with one attached hydrogen (secondary N) is 2. The largest absolute Gasteiger partial charge is 0.493 e. The molecule has 0 saturated heterocycles. The Kier molecular flexibility index (Phi) is 7.90. The van der Waals surface area contributed by atoms with E-state index in [2.05, 4.69) is 17.2 Å². The van der Waals surface area contributed by atoms with Crippen molar-refractivity contribution in [2.75, 3.05) is 32.2 Å². The maximum absolute atomic E-state index is 12.5. The lowest BCUT2D eigenvalue weighted by Crippen LogP contribution is -2.28. The second-order valence-electron chi connectivity index (χ2n) is 5.69. The van der Waals surface area contributed by atoms with Crippen molar-refractivity contribution >= 4 is 17.5 Å². The number of amides is 2. The lowest BCUT2D eigenvalue weighted by atomic mass is 10.2. The predicted octanol–water partition coefficient (Wildman–Crippen LogP) is 3.03. The van der Waals surface area contributed by atoms with Gasteiger partial charge >= 0.3 is 0 Å². The van der Waals surface area contributed by atoms with Crippen LogP contribution in [0.25, 0.3) is 0 Å². The van der Waals surface area contributed by atoms with E-state index in [9.17, 15) is 9.59 Å². The molecule has 148 valence electrons. The second kappa shape index (κ2) is 10.6. The number of rotatable bonds is 10. The Morgan fingerprint density at radius 1 is 1.07 bits per heavy atom. The van der Waals surface area contributed by atoms with Crippen LogP contribution >= 0.6 is 0 Å². The van der Waals surface area contributed by atoms with Gasteiger partial charge in [0.05, 0.1) is 7.11 Å². The highest BCUT2D eigenvalue weighted by Gasteiger charge is 2.11. The molecule has 0 radical (unpaired) electrons. The Morgan fingerprint density at radius 2 is 1.82 bits per heavy atom. The Hall–Kier alpha value is -3.48. The summed E-state index contributed by atoms with van der Waals surface area (Å²) < 4.78 is 16.1. The molecule has 0 spiro atoms. The third-order valence-corrected chi connectivity index (χ3v) is 3.64. The molecule has 2 amide bonds. The van der Waals surface area contributed by atoms with Crippen LogP contribution in [0, 0.1) is 0 Å². The molecule has 0 unspecified atom stereocenters. The Labute approximate surface area is 164 Å². The van der Waals surface area contributed by atoms with Crippen molar-refractivity contribution < 1.29 is 23.8 Å². The van der Waals surface area contributed by atoms with Gasteiger partial charge in [-0.3, -0.25) is 9.59 Å². The van der Waals surface area contributed by atoms with Crippen LogP contribution in [0.3, 0.4) is 0 Å². The Bertz CT molecular complexity index is 818. The number of anilines is 1. The number of carbonyl (C=O) groups excluding carboxylic acids is 2. The van der Waals surface area contributed by atoms with Gasteiger partial charge in [-0.05, 0) is 49.4 Å². The molecule has 0 aliphatic heterocycles. The van der Waals surface area contributed by atoms with Crippen molar-refractivity contribution in [1.82, 2.24) is 5.32 Å². The van der Waals surface area contributed by atoms with Crippen LogP contribution in [0.2, 0.25) is 0 Å². The van der Waals surface area contributed by atoms with Gasteiger partial charge in [-0.1, -0.05) is 12.7 Å². The van der Waals surface area contributed by atoms with Crippen molar-refractivity contribution in [3.63, 3.8) is 0 Å². The second-order valence-corrected chi connectivity index (χ2v) is 5.69. The first-order valence-electron chi connectivity index (χ1n) is 8.80. The van der Waals surface area contributed by atoms with Crippen LogP contribution in [0.4, 0.5) is 5.69 Å². The van der Waals surface area contributed by atoms with E-state index in [1.54, 1.807) is 48.5 Å². The Morgan fingerprint density at radius 3 is 2.46 bits per heavy atom. The molecule has 7 nitrogen and oxygen atoms in total. The SMILES string of the molecule is C=CCOc1ccc(C(=O)Nc2ccc(OCC(=O)NCC)cc2)cc1OC. The van der Waals surface area contributed by atoms with E-state index in [-0.39, 0.29) is 18.4 Å². The minimum Gasteiger partial charge on any atom is -0.493 e. The molecule has 28 heavy (non-hydrogen) atoms. The number of methoxy groups -OCH3 is 1. The summed E-state index contributed by atoms with van der Waals surface area (Å²) in [6, 6.07) is 11.7. The van der Waals surface area contributed by atoms with Gasteiger partial charge in [-0.2, -0.15) is 0 Å². The number of likely N-dealkylation sites (N-methyl/N-ethyl adjacent to an activating group) is 1. The third-order valence-electron chi connectivity index (χ3n) is 3.64. The molecule has 0 atom stereocenters. The van der Waals surface area contributed by atoms with Crippen molar-refractivity contribution in [2.24, 2.45) is 0 Å². The quantitative estimate of drug-likeness (QED) is 0.615. The summed E-state index contributed by atoms with van der Waals surface area (Å²) in [7, 11) is 1.51. The molecule has 0 aliphatic rings. The monoisotopic (exact) mass is 384 g/mol. The van der Waals surface area contributed by atoms with E-state index in [1.807, 2.05) is 6.92 Å². The van der Waals surface area contributed by atoms with E-state index >= 15 is 0 Å². The fraction of sp³-hybridized carbons (Fsp3) is 0.238. The molecule has 0 fully saturated rings. The van der Waals surface area contributed by atoms with Crippen LogP contribution < -0.4 is 24.8 Å². The molecule has 2 N–H and O–H groups in total. The van der Waals surface area contributed by atoms with Gasteiger partial charge in [0.1, 0.15) is 12.4 Å². The maximum Gasteiger partial charge on any atom is 0.257 e. The summed E-state index contributed by atoms with van der Waals surface area (Å²) in [5.74, 6) is 1.06. The molecular weight excluding hydrogens is 360 g/mol. The average Bonchev–Trinajstić information content (AvgIpc) is 2.71. The fourth-order valence-electron chi connectivity index (χ4n) is 2.31. The van der Waals surface area contributed by atoms with E-state index in [1.165, 1.54) is 7.11 Å². The lowest BCUT2D eigenvalue weighted by molar-refractivity contribution is -0.122. The van der Waals surface area contributed by atoms with Crippen molar-refractivity contribution in [1.29, 1.82) is 0 Å². The summed E-state index contributed by atoms with van der Waals surface area (Å²) in [4.78, 5) is 23.9. The standard InChI is InChI=1S/C21H24N2O5/c1-4-12-27-18-11-6-15(13-19(18)26-3)21(25)23-16-7-9-17(10-8-16)28-14-20(24)22-5-2/h4,6-11,13H,1,5,12,14H2,2-3H3,(H,22,24)(H,23,25). The number of ether oxygens (including phenoxy) is 3. The zero-order valence-corrected chi connectivity index (χ0v) is 16.0. The zero-order valence-electron chi connectivity index (χ0n) is 16.0. The highest BCUT2D eigenvalue weighted by molar-refractivity contribution is 6.04. The first kappa shape index (κ1) is 20.8. The lowest BCUT2D eigenvalue weighted by Gasteiger charge is -2.12. The number of hydrogen-bond donors (Lipinski definition) is 2. The molecule has 7 heteroatoms. The average molecular weight is 384 g/mol. The molecule has 0 saturated carbocycles. The van der Waals surface area contributed by atoms with Gasteiger partial charge < -0.3 is 24.8 Å². The molecular formula is C21H24N2O5. The highest BCUT2D eigenvalue weighted by Crippen LogP contribution is 2.28. The van der Waals surface area contributed by atoms with Crippen molar-refractivity contribution in [3.05, 3.63) is 60.7 Å². The summed E-state index contributed by atoms with van der Waals surface area (Å²) in [5.41, 5.74) is 1.03. The summed E-state index contributed by atoms with van der Waals surface area (Å²) in [6.07, 6.45) is 1.63. The summed E-state index contributed by atoms with van der Waals surface area (Å²) in [6.45, 7) is 6.28. The van der Waals surface area contributed by atoms with Gasteiger partial charge in [-0.25, -0.2) is 0 Å². The normalized spacial score (nSPS) is 9.93. The van der Waals surface area contributed by atoms with Crippen molar-refractivity contribution in [3.8, 4) is 17.2 Å². The molecule has 0 heterocycles. The molecule has 2 rings (SSSR count). The molecule has 0 bridgehead atoms. The molecule has 0 aliphatic carbocycles. The topological polar surface area (TPSA) is 85.9 Å². The molecule has 2 aromatic carbocycles. The smallest absolute Gasteiger partial charge is 0.257 e. The minimum atomic E-state index is -0.287. The number of hydrogen-bond acceptors (Lipinski definition) is 5. The predicted molar refractivity (Wildman–Crippen MR) is 107 cm³/mol. The number of carbonyl (C=O) groups is 2. The van der Waals surface area contributed by atoms with E-state index in [0.717, 1.165) is 0 Å². The van der Waals surface area contributed by atoms with Crippen LogP contribution in [0.5, 0.6) is 17.2 Å². The van der Waals surface area contributed by atoms with Gasteiger partial charge in [0, 0.05) is 17.8 Å². The zero-order chi connectivity index (χ0) is 20.4. The summed E-state index contributed by atoms with van der Waals surface area (Å²) in [5, 5.41) is 5.45. The van der Waals surface area contributed by atoms with Gasteiger partial charge in [0.2, 0.25) is 0 Å². The van der Waals surface area contributed by atoms with Crippen LogP contribution in [0.15, 0.2) is 55.1 Å². The Balaban J connectivity index is 1.98. The van der Waals surface area contributed by atoms with Crippen LogP contribution in [0.1, 0.15) is 17.3 Å². The highest BCUT2D eigenvalue weighted by atomic mass is 16.5. The van der Waals surface area contributed by atoms with Gasteiger partial charge in [0.25, 0.3) is 11.8 Å². The molecule has 2 aromatic rings. The maximum atomic E-state index is 12.5. The van der Waals surface area contributed by atoms with Crippen LogP contribution in [-0.4, -0.2) is 38.7 Å². The summed E-state index contributed by atoms with van der Waals surface area (Å²) >= 11 is 0. The third kappa shape index (κ3) is 6.05. The van der Waals surface area contributed by atoms with E-state index in [4.69, 9.17) is 14.2 Å². The van der Waals surface area contributed by atoms with Gasteiger partial charge in [0.15, 0.2) is 18.1 Å². The fourth-order valence-corrected chi connectivity index (χ4v) is 2.31.